The number of nitrogens with zero attached hydrogens (tertiary/aromatic N) is 1. The van der Waals surface area contributed by atoms with Crippen LogP contribution in [-0.4, -0.2) is 11.5 Å². The van der Waals surface area contributed by atoms with Gasteiger partial charge in [-0.15, -0.1) is 0 Å². The van der Waals surface area contributed by atoms with Crippen LogP contribution in [0.25, 0.3) is 11.0 Å². The maximum atomic E-state index is 5.97. The second-order valence-corrected chi connectivity index (χ2v) is 4.86. The molecule has 0 spiro atoms. The molecule has 0 aliphatic rings. The highest BCUT2D eigenvalue weighted by Gasteiger charge is 2.16. The van der Waals surface area contributed by atoms with Gasteiger partial charge in [0.05, 0.1) is 6.04 Å². The first kappa shape index (κ1) is 12.9. The number of nitrogens with one attached hydrogen (secondary N) is 1. The van der Waals surface area contributed by atoms with E-state index in [1.54, 1.807) is 6.20 Å². The zero-order valence-corrected chi connectivity index (χ0v) is 11.5. The van der Waals surface area contributed by atoms with E-state index in [0.717, 1.165) is 29.7 Å². The summed E-state index contributed by atoms with van der Waals surface area (Å²) < 4.78 is 5.97. The molecule has 2 heterocycles. The molecule has 3 nitrogen and oxygen atoms in total. The summed E-state index contributed by atoms with van der Waals surface area (Å²) in [4.78, 5) is 4.18. The van der Waals surface area contributed by atoms with Gasteiger partial charge in [0.25, 0.3) is 0 Å². The molecule has 1 unspecified atom stereocenters. The molecule has 0 bridgehead atoms. The van der Waals surface area contributed by atoms with Crippen LogP contribution < -0.4 is 5.32 Å². The van der Waals surface area contributed by atoms with Crippen LogP contribution in [0.5, 0.6) is 0 Å². The Kier molecular flexibility index (Phi) is 3.79. The quantitative estimate of drug-likeness (QED) is 0.764. The molecule has 3 rings (SSSR count). The van der Waals surface area contributed by atoms with E-state index in [1.807, 2.05) is 30.5 Å². The molecule has 0 aliphatic carbocycles. The van der Waals surface area contributed by atoms with Crippen molar-refractivity contribution in [2.75, 3.05) is 6.54 Å². The van der Waals surface area contributed by atoms with Gasteiger partial charge < -0.3 is 9.73 Å². The average Bonchev–Trinajstić information content (AvgIpc) is 2.92. The number of benzene rings is 1. The van der Waals surface area contributed by atoms with Crippen molar-refractivity contribution in [3.63, 3.8) is 0 Å². The minimum Gasteiger partial charge on any atom is -0.459 e. The predicted molar refractivity (Wildman–Crippen MR) is 80.6 cm³/mol. The van der Waals surface area contributed by atoms with Gasteiger partial charge in [0.2, 0.25) is 0 Å². The molecule has 1 aromatic carbocycles. The number of para-hydroxylation sites is 1. The van der Waals surface area contributed by atoms with Crippen molar-refractivity contribution in [3.05, 3.63) is 66.2 Å². The lowest BCUT2D eigenvalue weighted by atomic mass is 10.1. The molecule has 0 fully saturated rings. The number of pyridine rings is 1. The summed E-state index contributed by atoms with van der Waals surface area (Å²) in [7, 11) is 0. The Morgan fingerprint density at radius 1 is 1.20 bits per heavy atom. The second-order valence-electron chi connectivity index (χ2n) is 4.86. The van der Waals surface area contributed by atoms with Gasteiger partial charge in [-0.25, -0.2) is 0 Å². The third-order valence-electron chi connectivity index (χ3n) is 3.40. The Labute approximate surface area is 118 Å². The highest BCUT2D eigenvalue weighted by atomic mass is 16.3. The second kappa shape index (κ2) is 5.88. The van der Waals surface area contributed by atoms with Gasteiger partial charge in [-0.1, -0.05) is 31.2 Å². The van der Waals surface area contributed by atoms with Crippen molar-refractivity contribution in [1.29, 1.82) is 0 Å². The Balaban J connectivity index is 1.89. The van der Waals surface area contributed by atoms with Gasteiger partial charge in [-0.3, -0.25) is 4.98 Å². The minimum atomic E-state index is 0.177. The maximum Gasteiger partial charge on any atom is 0.134 e. The lowest BCUT2D eigenvalue weighted by Gasteiger charge is -2.15. The fourth-order valence-corrected chi connectivity index (χ4v) is 2.45. The van der Waals surface area contributed by atoms with Crippen LogP contribution in [0.1, 0.15) is 24.3 Å². The highest BCUT2D eigenvalue weighted by Crippen LogP contribution is 2.25. The largest absolute Gasteiger partial charge is 0.459 e. The molecule has 3 heteroatoms. The standard InChI is InChI=1S/C17H18N2O/c1-2-19-15(10-13-6-5-9-18-12-13)17-11-14-7-3-4-8-16(14)20-17/h3-9,11-12,15,19H,2,10H2,1H3. The lowest BCUT2D eigenvalue weighted by molar-refractivity contribution is 0.434. The number of hydrogen-bond donors (Lipinski definition) is 1. The molecular formula is C17H18N2O. The fraction of sp³-hybridized carbons (Fsp3) is 0.235. The molecule has 0 aliphatic heterocycles. The van der Waals surface area contributed by atoms with Crippen LogP contribution >= 0.6 is 0 Å². The number of aromatic nitrogens is 1. The van der Waals surface area contributed by atoms with Crippen LogP contribution in [0.15, 0.2) is 59.3 Å². The lowest BCUT2D eigenvalue weighted by Crippen LogP contribution is -2.22. The normalized spacial score (nSPS) is 12.7. The Morgan fingerprint density at radius 3 is 2.85 bits per heavy atom. The van der Waals surface area contributed by atoms with E-state index in [2.05, 4.69) is 35.4 Å². The number of fused-ring (bicyclic) bond motifs is 1. The van der Waals surface area contributed by atoms with Crippen LogP contribution in [0.3, 0.4) is 0 Å². The minimum absolute atomic E-state index is 0.177. The molecule has 1 atom stereocenters. The van der Waals surface area contributed by atoms with Gasteiger partial charge in [0.15, 0.2) is 0 Å². The Hall–Kier alpha value is -2.13. The summed E-state index contributed by atoms with van der Waals surface area (Å²) in [6.07, 6.45) is 4.58. The smallest absolute Gasteiger partial charge is 0.134 e. The summed E-state index contributed by atoms with van der Waals surface area (Å²) in [5.41, 5.74) is 2.15. The zero-order chi connectivity index (χ0) is 13.8. The van der Waals surface area contributed by atoms with Crippen molar-refractivity contribution in [2.24, 2.45) is 0 Å². The van der Waals surface area contributed by atoms with Crippen molar-refractivity contribution >= 4 is 11.0 Å². The first-order chi connectivity index (χ1) is 9.86. The summed E-state index contributed by atoms with van der Waals surface area (Å²) in [5.74, 6) is 0.983. The number of hydrogen-bond acceptors (Lipinski definition) is 3. The van der Waals surface area contributed by atoms with E-state index in [4.69, 9.17) is 4.42 Å². The van der Waals surface area contributed by atoms with Crippen molar-refractivity contribution in [1.82, 2.24) is 10.3 Å². The maximum absolute atomic E-state index is 5.97. The topological polar surface area (TPSA) is 38.1 Å². The van der Waals surface area contributed by atoms with Gasteiger partial charge in [0.1, 0.15) is 11.3 Å². The van der Waals surface area contributed by atoms with E-state index in [9.17, 15) is 0 Å². The number of rotatable bonds is 5. The molecule has 0 amide bonds. The van der Waals surface area contributed by atoms with Crippen LogP contribution in [-0.2, 0) is 6.42 Å². The molecule has 20 heavy (non-hydrogen) atoms. The molecule has 1 N–H and O–H groups in total. The van der Waals surface area contributed by atoms with Crippen LogP contribution in [0.2, 0.25) is 0 Å². The Morgan fingerprint density at radius 2 is 2.10 bits per heavy atom. The zero-order valence-electron chi connectivity index (χ0n) is 11.5. The van der Waals surface area contributed by atoms with Crippen LogP contribution in [0, 0.1) is 0 Å². The molecular weight excluding hydrogens is 248 g/mol. The van der Waals surface area contributed by atoms with Crippen LogP contribution in [0.4, 0.5) is 0 Å². The third-order valence-corrected chi connectivity index (χ3v) is 3.40. The van der Waals surface area contributed by atoms with Gasteiger partial charge >= 0.3 is 0 Å². The molecule has 0 saturated heterocycles. The van der Waals surface area contributed by atoms with Crippen molar-refractivity contribution in [2.45, 2.75) is 19.4 Å². The highest BCUT2D eigenvalue weighted by molar-refractivity contribution is 5.77. The first-order valence-electron chi connectivity index (χ1n) is 6.97. The van der Waals surface area contributed by atoms with E-state index in [-0.39, 0.29) is 6.04 Å². The van der Waals surface area contributed by atoms with Gasteiger partial charge in [-0.2, -0.15) is 0 Å². The average molecular weight is 266 g/mol. The van der Waals surface area contributed by atoms with Gasteiger partial charge in [0, 0.05) is 17.8 Å². The summed E-state index contributed by atoms with van der Waals surface area (Å²) in [5, 5.41) is 4.64. The molecule has 3 aromatic rings. The number of likely N-dealkylation sites (N-methyl/N-ethyl adjacent to an activating group) is 1. The molecule has 102 valence electrons. The molecule has 0 saturated carbocycles. The third kappa shape index (κ3) is 2.73. The summed E-state index contributed by atoms with van der Waals surface area (Å²) in [6.45, 7) is 3.01. The van der Waals surface area contributed by atoms with E-state index in [1.165, 1.54) is 5.56 Å². The number of furan rings is 1. The summed E-state index contributed by atoms with van der Waals surface area (Å²) in [6, 6.07) is 14.5. The monoisotopic (exact) mass is 266 g/mol. The van der Waals surface area contributed by atoms with Crippen molar-refractivity contribution in [3.8, 4) is 0 Å². The van der Waals surface area contributed by atoms with E-state index in [0.29, 0.717) is 0 Å². The fourth-order valence-electron chi connectivity index (χ4n) is 2.45. The first-order valence-corrected chi connectivity index (χ1v) is 6.97. The summed E-state index contributed by atoms with van der Waals surface area (Å²) >= 11 is 0. The predicted octanol–water partition coefficient (Wildman–Crippen LogP) is 3.72. The molecule has 0 radical (unpaired) electrons. The molecule has 2 aromatic heterocycles. The van der Waals surface area contributed by atoms with Crippen molar-refractivity contribution < 1.29 is 4.42 Å². The van der Waals surface area contributed by atoms with E-state index < -0.39 is 0 Å². The van der Waals surface area contributed by atoms with E-state index >= 15 is 0 Å². The Bertz CT molecular complexity index is 643. The van der Waals surface area contributed by atoms with Gasteiger partial charge in [-0.05, 0) is 36.7 Å². The SMILES string of the molecule is CCNC(Cc1cccnc1)c1cc2ccccc2o1.